The van der Waals surface area contributed by atoms with E-state index in [9.17, 15) is 0 Å². The van der Waals surface area contributed by atoms with Crippen LogP contribution < -0.4 is 11.1 Å². The van der Waals surface area contributed by atoms with Gasteiger partial charge in [-0.1, -0.05) is 0 Å². The van der Waals surface area contributed by atoms with E-state index in [1.165, 1.54) is 0 Å². The molecule has 0 saturated carbocycles. The van der Waals surface area contributed by atoms with Crippen LogP contribution in [-0.4, -0.2) is 41.6 Å². The average Bonchev–Trinajstić information content (AvgIpc) is 2.15. The van der Waals surface area contributed by atoms with Crippen LogP contribution >= 0.6 is 0 Å². The van der Waals surface area contributed by atoms with Gasteiger partial charge < -0.3 is 21.3 Å². The molecule has 4 heteroatoms. The maximum absolute atomic E-state index is 9.06. The minimum absolute atomic E-state index is 0.125. The fraction of sp³-hybridized carbons (Fsp3) is 1.00. The van der Waals surface area contributed by atoms with Gasteiger partial charge in [-0.2, -0.15) is 0 Å². The Hall–Kier alpha value is -0.160. The molecule has 1 aliphatic heterocycles. The van der Waals surface area contributed by atoms with Crippen LogP contribution in [-0.2, 0) is 0 Å². The van der Waals surface area contributed by atoms with Gasteiger partial charge in [0.25, 0.3) is 0 Å². The third kappa shape index (κ3) is 1.21. The first-order valence-corrected chi connectivity index (χ1v) is 3.05. The molecule has 1 heterocycles. The van der Waals surface area contributed by atoms with E-state index in [0.717, 1.165) is 0 Å². The highest BCUT2D eigenvalue weighted by Gasteiger charge is 2.31. The zero-order valence-corrected chi connectivity index (χ0v) is 5.12. The molecule has 0 unspecified atom stereocenters. The van der Waals surface area contributed by atoms with Crippen molar-refractivity contribution in [3.63, 3.8) is 0 Å². The average molecular weight is 132 g/mol. The zero-order valence-electron chi connectivity index (χ0n) is 5.12. The van der Waals surface area contributed by atoms with Gasteiger partial charge in [0, 0.05) is 19.1 Å². The standard InChI is InChI=1S/C5H12N2O2/c6-1-3-5(9)4(8)2-7-3/h3-5,7-9H,1-2,6H2/t3-,4-,5-/m0/s1. The van der Waals surface area contributed by atoms with Crippen molar-refractivity contribution in [3.05, 3.63) is 0 Å². The lowest BCUT2D eigenvalue weighted by Crippen LogP contribution is -2.39. The summed E-state index contributed by atoms with van der Waals surface area (Å²) in [5, 5.41) is 20.9. The second-order valence-corrected chi connectivity index (χ2v) is 2.31. The van der Waals surface area contributed by atoms with Crippen LogP contribution in [0.25, 0.3) is 0 Å². The van der Waals surface area contributed by atoms with Gasteiger partial charge in [-0.15, -0.1) is 0 Å². The molecule has 1 fully saturated rings. The van der Waals surface area contributed by atoms with Crippen molar-refractivity contribution < 1.29 is 10.2 Å². The van der Waals surface area contributed by atoms with Crippen molar-refractivity contribution in [2.24, 2.45) is 5.73 Å². The summed E-state index contributed by atoms with van der Waals surface area (Å²) < 4.78 is 0. The highest BCUT2D eigenvalue weighted by Crippen LogP contribution is 2.05. The van der Waals surface area contributed by atoms with Crippen molar-refractivity contribution in [1.82, 2.24) is 5.32 Å². The summed E-state index contributed by atoms with van der Waals surface area (Å²) in [6, 6.07) is -0.125. The summed E-state index contributed by atoms with van der Waals surface area (Å²) in [5.74, 6) is 0. The van der Waals surface area contributed by atoms with E-state index in [1.54, 1.807) is 0 Å². The molecule has 0 aromatic rings. The number of aliphatic hydroxyl groups is 2. The predicted octanol–water partition coefficient (Wildman–Crippen LogP) is -2.36. The number of nitrogens with one attached hydrogen (secondary N) is 1. The van der Waals surface area contributed by atoms with E-state index in [4.69, 9.17) is 15.9 Å². The minimum atomic E-state index is -0.685. The maximum Gasteiger partial charge on any atom is 0.0976 e. The van der Waals surface area contributed by atoms with Gasteiger partial charge in [-0.3, -0.25) is 0 Å². The fourth-order valence-corrected chi connectivity index (χ4v) is 1.00. The number of rotatable bonds is 1. The summed E-state index contributed by atoms with van der Waals surface area (Å²) in [4.78, 5) is 0. The highest BCUT2D eigenvalue weighted by molar-refractivity contribution is 4.90. The largest absolute Gasteiger partial charge is 0.389 e. The Kier molecular flexibility index (Phi) is 2.02. The molecule has 0 aromatic heterocycles. The first kappa shape index (κ1) is 6.95. The predicted molar refractivity (Wildman–Crippen MR) is 32.9 cm³/mol. The van der Waals surface area contributed by atoms with Crippen LogP contribution in [0.4, 0.5) is 0 Å². The first-order valence-electron chi connectivity index (χ1n) is 3.05. The molecule has 1 aliphatic rings. The monoisotopic (exact) mass is 132 g/mol. The van der Waals surface area contributed by atoms with Crippen molar-refractivity contribution in [2.75, 3.05) is 13.1 Å². The molecule has 3 atom stereocenters. The van der Waals surface area contributed by atoms with Gasteiger partial charge in [0.2, 0.25) is 0 Å². The maximum atomic E-state index is 9.06. The second kappa shape index (κ2) is 2.62. The number of nitrogens with two attached hydrogens (primary N) is 1. The lowest BCUT2D eigenvalue weighted by atomic mass is 10.1. The molecule has 0 bridgehead atoms. The van der Waals surface area contributed by atoms with Gasteiger partial charge in [0.15, 0.2) is 0 Å². The lowest BCUT2D eigenvalue weighted by molar-refractivity contribution is 0.0421. The number of hydrogen-bond donors (Lipinski definition) is 4. The van der Waals surface area contributed by atoms with Crippen LogP contribution in [0.1, 0.15) is 0 Å². The normalized spacial score (nSPS) is 43.7. The second-order valence-electron chi connectivity index (χ2n) is 2.31. The van der Waals surface area contributed by atoms with Crippen LogP contribution in [0.15, 0.2) is 0 Å². The molecular formula is C5H12N2O2. The topological polar surface area (TPSA) is 78.5 Å². The van der Waals surface area contributed by atoms with E-state index in [0.29, 0.717) is 13.1 Å². The molecule has 9 heavy (non-hydrogen) atoms. The number of aliphatic hydroxyl groups excluding tert-OH is 2. The molecule has 54 valence electrons. The Balaban J connectivity index is 2.41. The van der Waals surface area contributed by atoms with E-state index in [2.05, 4.69) is 5.32 Å². The fourth-order valence-electron chi connectivity index (χ4n) is 1.00. The Morgan fingerprint density at radius 1 is 1.56 bits per heavy atom. The summed E-state index contributed by atoms with van der Waals surface area (Å²) in [6.07, 6.45) is -1.33. The lowest BCUT2D eigenvalue weighted by Gasteiger charge is -2.12. The summed E-state index contributed by atoms with van der Waals surface area (Å²) in [6.45, 7) is 0.821. The Bertz CT molecular complexity index is 99.0. The SMILES string of the molecule is NC[C@@H]1NC[C@H](O)[C@H]1O. The van der Waals surface area contributed by atoms with E-state index in [-0.39, 0.29) is 6.04 Å². The van der Waals surface area contributed by atoms with Gasteiger partial charge >= 0.3 is 0 Å². The third-order valence-corrected chi connectivity index (χ3v) is 1.65. The third-order valence-electron chi connectivity index (χ3n) is 1.65. The summed E-state index contributed by atoms with van der Waals surface area (Å²) in [5.41, 5.74) is 5.25. The van der Waals surface area contributed by atoms with Gasteiger partial charge in [0.05, 0.1) is 12.2 Å². The van der Waals surface area contributed by atoms with Crippen molar-refractivity contribution >= 4 is 0 Å². The van der Waals surface area contributed by atoms with Crippen LogP contribution in [0.5, 0.6) is 0 Å². The van der Waals surface area contributed by atoms with Crippen LogP contribution in [0, 0.1) is 0 Å². The molecule has 5 N–H and O–H groups in total. The first-order chi connectivity index (χ1) is 4.25. The van der Waals surface area contributed by atoms with Gasteiger partial charge in [-0.05, 0) is 0 Å². The molecule has 1 saturated heterocycles. The van der Waals surface area contributed by atoms with Crippen molar-refractivity contribution in [3.8, 4) is 0 Å². The summed E-state index contributed by atoms with van der Waals surface area (Å²) in [7, 11) is 0. The van der Waals surface area contributed by atoms with Gasteiger partial charge in [0.1, 0.15) is 0 Å². The molecular weight excluding hydrogens is 120 g/mol. The quantitative estimate of drug-likeness (QED) is 0.322. The molecule has 0 spiro atoms. The smallest absolute Gasteiger partial charge is 0.0976 e. The zero-order chi connectivity index (χ0) is 6.85. The van der Waals surface area contributed by atoms with Crippen LogP contribution in [0.3, 0.4) is 0 Å². The molecule has 0 amide bonds. The molecule has 0 aliphatic carbocycles. The van der Waals surface area contributed by atoms with E-state index >= 15 is 0 Å². The van der Waals surface area contributed by atoms with Gasteiger partial charge in [-0.25, -0.2) is 0 Å². The summed E-state index contributed by atoms with van der Waals surface area (Å²) >= 11 is 0. The Morgan fingerprint density at radius 3 is 2.44 bits per heavy atom. The minimum Gasteiger partial charge on any atom is -0.389 e. The Morgan fingerprint density at radius 2 is 2.22 bits per heavy atom. The number of hydrogen-bond acceptors (Lipinski definition) is 4. The Labute approximate surface area is 53.7 Å². The van der Waals surface area contributed by atoms with E-state index in [1.807, 2.05) is 0 Å². The molecule has 0 aromatic carbocycles. The molecule has 1 rings (SSSR count). The van der Waals surface area contributed by atoms with Crippen LogP contribution in [0.2, 0.25) is 0 Å². The van der Waals surface area contributed by atoms with Crippen molar-refractivity contribution in [2.45, 2.75) is 18.2 Å². The number of β-amino-alcohol motifs (C(OH)–C–C–N with tert-alkyl or cyclic N) is 1. The van der Waals surface area contributed by atoms with E-state index < -0.39 is 12.2 Å². The van der Waals surface area contributed by atoms with Crippen molar-refractivity contribution in [1.29, 1.82) is 0 Å². The highest BCUT2D eigenvalue weighted by atomic mass is 16.3. The molecule has 0 radical (unpaired) electrons. The molecule has 4 nitrogen and oxygen atoms in total.